The first kappa shape index (κ1) is 11.4. The van der Waals surface area contributed by atoms with Crippen LogP contribution < -0.4 is 4.74 Å². The largest absolute Gasteiger partial charge is 0.487 e. The van der Waals surface area contributed by atoms with Crippen molar-refractivity contribution in [3.05, 3.63) is 27.1 Å². The van der Waals surface area contributed by atoms with E-state index in [-0.39, 0.29) is 17.4 Å². The minimum Gasteiger partial charge on any atom is -0.487 e. The molecular formula is C10H10FIO2. The summed E-state index contributed by atoms with van der Waals surface area (Å²) in [5, 5.41) is 0. The number of hydrogen-bond donors (Lipinski definition) is 0. The van der Waals surface area contributed by atoms with Gasteiger partial charge in [-0.15, -0.1) is 0 Å². The van der Waals surface area contributed by atoms with Gasteiger partial charge < -0.3 is 4.74 Å². The predicted octanol–water partition coefficient (Wildman–Crippen LogP) is 3.03. The molecule has 2 nitrogen and oxygen atoms in total. The maximum absolute atomic E-state index is 13.5. The van der Waals surface area contributed by atoms with Gasteiger partial charge in [0.2, 0.25) is 0 Å². The molecule has 0 N–H and O–H groups in total. The summed E-state index contributed by atoms with van der Waals surface area (Å²) in [6.45, 7) is 3.62. The molecular weight excluding hydrogens is 298 g/mol. The summed E-state index contributed by atoms with van der Waals surface area (Å²) in [4.78, 5) is 10.5. The van der Waals surface area contributed by atoms with Crippen LogP contribution in [-0.4, -0.2) is 12.4 Å². The van der Waals surface area contributed by atoms with Gasteiger partial charge in [0.1, 0.15) is 0 Å². The fourth-order valence-electron chi connectivity index (χ4n) is 0.982. The fourth-order valence-corrected chi connectivity index (χ4v) is 1.53. The lowest BCUT2D eigenvalue weighted by Crippen LogP contribution is -2.09. The molecule has 0 spiro atoms. The minimum atomic E-state index is -0.583. The molecule has 1 rings (SSSR count). The Morgan fingerprint density at radius 3 is 2.64 bits per heavy atom. The Balaban J connectivity index is 3.18. The highest BCUT2D eigenvalue weighted by atomic mass is 127. The lowest BCUT2D eigenvalue weighted by molar-refractivity contribution is 0.111. The van der Waals surface area contributed by atoms with Crippen LogP contribution in [0.25, 0.3) is 0 Å². The van der Waals surface area contributed by atoms with Crippen molar-refractivity contribution in [2.75, 3.05) is 0 Å². The second-order valence-electron chi connectivity index (χ2n) is 3.06. The lowest BCUT2D eigenvalue weighted by atomic mass is 10.2. The summed E-state index contributed by atoms with van der Waals surface area (Å²) in [6, 6.07) is 3.10. The van der Waals surface area contributed by atoms with Gasteiger partial charge in [-0.2, -0.15) is 0 Å². The number of ether oxygens (including phenoxy) is 1. The highest BCUT2D eigenvalue weighted by Crippen LogP contribution is 2.27. The van der Waals surface area contributed by atoms with Crippen LogP contribution in [-0.2, 0) is 0 Å². The van der Waals surface area contributed by atoms with Crippen molar-refractivity contribution in [2.24, 2.45) is 0 Å². The maximum atomic E-state index is 13.5. The zero-order chi connectivity index (χ0) is 10.7. The first-order valence-electron chi connectivity index (χ1n) is 4.16. The molecule has 0 bridgehead atoms. The molecule has 0 heterocycles. The van der Waals surface area contributed by atoms with Gasteiger partial charge in [-0.05, 0) is 48.6 Å². The van der Waals surface area contributed by atoms with Crippen LogP contribution in [0.5, 0.6) is 5.75 Å². The highest BCUT2D eigenvalue weighted by molar-refractivity contribution is 14.1. The van der Waals surface area contributed by atoms with Gasteiger partial charge in [0.05, 0.1) is 15.2 Å². The molecule has 0 aliphatic rings. The van der Waals surface area contributed by atoms with E-state index in [1.54, 1.807) is 6.07 Å². The van der Waals surface area contributed by atoms with Crippen molar-refractivity contribution in [3.63, 3.8) is 0 Å². The van der Waals surface area contributed by atoms with Crippen molar-refractivity contribution in [1.82, 2.24) is 0 Å². The Morgan fingerprint density at radius 2 is 2.14 bits per heavy atom. The van der Waals surface area contributed by atoms with Gasteiger partial charge in [0.15, 0.2) is 17.9 Å². The van der Waals surface area contributed by atoms with E-state index in [1.807, 2.05) is 36.4 Å². The van der Waals surface area contributed by atoms with Crippen LogP contribution in [0.3, 0.4) is 0 Å². The van der Waals surface area contributed by atoms with Crippen molar-refractivity contribution in [1.29, 1.82) is 0 Å². The molecule has 0 atom stereocenters. The maximum Gasteiger partial charge on any atom is 0.176 e. The van der Waals surface area contributed by atoms with E-state index in [0.717, 1.165) is 0 Å². The van der Waals surface area contributed by atoms with Gasteiger partial charge in [-0.1, -0.05) is 0 Å². The number of carbonyl (C=O) groups is 1. The van der Waals surface area contributed by atoms with Gasteiger partial charge in [0, 0.05) is 0 Å². The quantitative estimate of drug-likeness (QED) is 0.634. The molecule has 0 saturated carbocycles. The molecule has 0 fully saturated rings. The van der Waals surface area contributed by atoms with Crippen LogP contribution in [0.4, 0.5) is 4.39 Å². The number of benzene rings is 1. The first-order chi connectivity index (χ1) is 6.56. The monoisotopic (exact) mass is 308 g/mol. The fraction of sp³-hybridized carbons (Fsp3) is 0.300. The number of carbonyl (C=O) groups excluding carboxylic acids is 1. The molecule has 4 heteroatoms. The Morgan fingerprint density at radius 1 is 1.50 bits per heavy atom. The van der Waals surface area contributed by atoms with E-state index >= 15 is 0 Å². The Labute approximate surface area is 95.6 Å². The molecule has 0 aliphatic carbocycles. The van der Waals surface area contributed by atoms with E-state index in [0.29, 0.717) is 9.86 Å². The number of hydrogen-bond acceptors (Lipinski definition) is 2. The minimum absolute atomic E-state index is 0.0288. The third-order valence-corrected chi connectivity index (χ3v) is 2.41. The van der Waals surface area contributed by atoms with E-state index in [2.05, 4.69) is 0 Å². The van der Waals surface area contributed by atoms with E-state index in [9.17, 15) is 9.18 Å². The lowest BCUT2D eigenvalue weighted by Gasteiger charge is -2.12. The molecule has 76 valence electrons. The third-order valence-electron chi connectivity index (χ3n) is 1.56. The Bertz CT molecular complexity index is 350. The van der Waals surface area contributed by atoms with Gasteiger partial charge in [-0.3, -0.25) is 4.79 Å². The zero-order valence-electron chi connectivity index (χ0n) is 7.88. The molecule has 0 saturated heterocycles. The SMILES string of the molecule is CC(C)Oc1c(I)ccc(C=O)c1F. The summed E-state index contributed by atoms with van der Waals surface area (Å²) in [5.74, 6) is -0.425. The van der Waals surface area contributed by atoms with Crippen LogP contribution in [0.15, 0.2) is 12.1 Å². The second kappa shape index (κ2) is 4.72. The number of rotatable bonds is 3. The van der Waals surface area contributed by atoms with Gasteiger partial charge >= 0.3 is 0 Å². The van der Waals surface area contributed by atoms with Gasteiger partial charge in [0.25, 0.3) is 0 Å². The predicted molar refractivity (Wildman–Crippen MR) is 60.3 cm³/mol. The Kier molecular flexibility index (Phi) is 3.86. The summed E-state index contributed by atoms with van der Waals surface area (Å²) in [5.41, 5.74) is 0.0288. The average molecular weight is 308 g/mol. The Hall–Kier alpha value is -0.650. The summed E-state index contributed by atoms with van der Waals surface area (Å²) in [6.07, 6.45) is 0.374. The van der Waals surface area contributed by atoms with Crippen molar-refractivity contribution in [3.8, 4) is 5.75 Å². The van der Waals surface area contributed by atoms with Crippen LogP contribution >= 0.6 is 22.6 Å². The average Bonchev–Trinajstić information content (AvgIpc) is 2.12. The van der Waals surface area contributed by atoms with E-state index in [1.165, 1.54) is 6.07 Å². The first-order valence-corrected chi connectivity index (χ1v) is 5.24. The summed E-state index contributed by atoms with van der Waals surface area (Å²) >= 11 is 1.97. The van der Waals surface area contributed by atoms with Crippen molar-refractivity contribution in [2.45, 2.75) is 20.0 Å². The normalized spacial score (nSPS) is 10.4. The number of aldehydes is 1. The van der Waals surface area contributed by atoms with Crippen molar-refractivity contribution < 1.29 is 13.9 Å². The van der Waals surface area contributed by atoms with Crippen LogP contribution in [0.2, 0.25) is 0 Å². The molecule has 0 unspecified atom stereocenters. The molecule has 0 aromatic heterocycles. The third kappa shape index (κ3) is 2.43. The summed E-state index contributed by atoms with van der Waals surface area (Å²) < 4.78 is 19.5. The van der Waals surface area contributed by atoms with E-state index < -0.39 is 5.82 Å². The van der Waals surface area contributed by atoms with Crippen molar-refractivity contribution >= 4 is 28.9 Å². The topological polar surface area (TPSA) is 26.3 Å². The second-order valence-corrected chi connectivity index (χ2v) is 4.23. The number of halogens is 2. The van der Waals surface area contributed by atoms with Crippen LogP contribution in [0.1, 0.15) is 24.2 Å². The molecule has 0 radical (unpaired) electrons. The molecule has 0 amide bonds. The molecule has 0 aliphatic heterocycles. The molecule has 1 aromatic carbocycles. The van der Waals surface area contributed by atoms with Gasteiger partial charge in [-0.25, -0.2) is 4.39 Å². The molecule has 14 heavy (non-hydrogen) atoms. The smallest absolute Gasteiger partial charge is 0.176 e. The van der Waals surface area contributed by atoms with Crippen LogP contribution in [0, 0.1) is 9.39 Å². The highest BCUT2D eigenvalue weighted by Gasteiger charge is 2.13. The summed E-state index contributed by atoms with van der Waals surface area (Å²) in [7, 11) is 0. The molecule has 1 aromatic rings. The standard InChI is InChI=1S/C10H10FIO2/c1-6(2)14-10-8(12)4-3-7(5-13)9(10)11/h3-6H,1-2H3. The zero-order valence-corrected chi connectivity index (χ0v) is 10.0. The van der Waals surface area contributed by atoms with E-state index in [4.69, 9.17) is 4.74 Å².